The fourth-order valence-electron chi connectivity index (χ4n) is 5.54. The van der Waals surface area contributed by atoms with Gasteiger partial charge in [-0.2, -0.15) is 0 Å². The lowest BCUT2D eigenvalue weighted by atomic mass is 10.1. The topological polar surface area (TPSA) is 101 Å². The summed E-state index contributed by atoms with van der Waals surface area (Å²) in [5.41, 5.74) is 1.54. The predicted molar refractivity (Wildman–Crippen MR) is 139 cm³/mol. The standard InChI is InChI=1S/C27H28F2N8O/c1-14(2)37-15(3)32-25-20(28)8-17(9-22(25)37)24-21(29)11-31-27(35-24)34-23-7-4-16(10-30-23)26(38)36-12-18-5-6-19(13-36)33-18/h4,7-11,14,18-19,33H,5-6,12-13H2,1-3H3,(H,30,31,34,35). The van der Waals surface area contributed by atoms with Crippen LogP contribution in [0.1, 0.15) is 48.9 Å². The molecular formula is C27H28F2N8O. The molecule has 0 saturated carbocycles. The Hall–Kier alpha value is -3.99. The van der Waals surface area contributed by atoms with Gasteiger partial charge in [-0.25, -0.2) is 28.7 Å². The molecule has 2 unspecified atom stereocenters. The van der Waals surface area contributed by atoms with Crippen molar-refractivity contribution in [2.24, 2.45) is 0 Å². The zero-order chi connectivity index (χ0) is 26.6. The van der Waals surface area contributed by atoms with Crippen molar-refractivity contribution in [2.45, 2.75) is 51.7 Å². The molecule has 1 amide bonds. The number of hydrogen-bond donors (Lipinski definition) is 2. The third kappa shape index (κ3) is 4.36. The Morgan fingerprint density at radius 1 is 1.05 bits per heavy atom. The number of anilines is 2. The average molecular weight is 519 g/mol. The van der Waals surface area contributed by atoms with Crippen LogP contribution in [0.2, 0.25) is 0 Å². The van der Waals surface area contributed by atoms with E-state index in [4.69, 9.17) is 0 Å². The molecule has 6 rings (SSSR count). The van der Waals surface area contributed by atoms with E-state index in [0.29, 0.717) is 47.9 Å². The number of halogens is 2. The van der Waals surface area contributed by atoms with Crippen molar-refractivity contribution in [3.05, 3.63) is 59.7 Å². The monoisotopic (exact) mass is 518 g/mol. The molecule has 2 aliphatic rings. The van der Waals surface area contributed by atoms with Gasteiger partial charge in [0.05, 0.1) is 17.3 Å². The van der Waals surface area contributed by atoms with Gasteiger partial charge in [0.25, 0.3) is 5.91 Å². The van der Waals surface area contributed by atoms with E-state index in [-0.39, 0.29) is 34.7 Å². The second-order valence-corrected chi connectivity index (χ2v) is 10.2. The first-order valence-electron chi connectivity index (χ1n) is 12.8. The summed E-state index contributed by atoms with van der Waals surface area (Å²) >= 11 is 0. The van der Waals surface area contributed by atoms with Crippen LogP contribution in [0.4, 0.5) is 20.5 Å². The Balaban J connectivity index is 1.24. The van der Waals surface area contributed by atoms with Gasteiger partial charge in [-0.05, 0) is 57.9 Å². The van der Waals surface area contributed by atoms with Gasteiger partial charge < -0.3 is 20.1 Å². The number of likely N-dealkylation sites (tertiary alicyclic amines) is 1. The Bertz CT molecular complexity index is 1520. The van der Waals surface area contributed by atoms with Crippen molar-refractivity contribution >= 4 is 28.7 Å². The van der Waals surface area contributed by atoms with Gasteiger partial charge in [0, 0.05) is 43.0 Å². The van der Waals surface area contributed by atoms with Crippen LogP contribution in [-0.4, -0.2) is 60.5 Å². The smallest absolute Gasteiger partial charge is 0.255 e. The number of aryl methyl sites for hydroxylation is 1. The van der Waals surface area contributed by atoms with Crippen LogP contribution in [0.5, 0.6) is 0 Å². The zero-order valence-corrected chi connectivity index (χ0v) is 21.4. The van der Waals surface area contributed by atoms with E-state index in [2.05, 4.69) is 30.6 Å². The van der Waals surface area contributed by atoms with E-state index in [1.807, 2.05) is 30.2 Å². The van der Waals surface area contributed by atoms with Gasteiger partial charge >= 0.3 is 0 Å². The molecule has 11 heteroatoms. The number of carbonyl (C=O) groups excluding carboxylic acids is 1. The quantitative estimate of drug-likeness (QED) is 0.405. The molecule has 2 fully saturated rings. The SMILES string of the molecule is Cc1nc2c(F)cc(-c3nc(Nc4ccc(C(=O)N5CC6CCC(C5)N6)cn4)ncc3F)cc2n1C(C)C. The molecule has 4 aromatic rings. The highest BCUT2D eigenvalue weighted by Crippen LogP contribution is 2.30. The predicted octanol–water partition coefficient (Wildman–Crippen LogP) is 4.38. The molecule has 0 radical (unpaired) electrons. The lowest BCUT2D eigenvalue weighted by Gasteiger charge is -2.32. The second-order valence-electron chi connectivity index (χ2n) is 10.2. The summed E-state index contributed by atoms with van der Waals surface area (Å²) in [6.07, 6.45) is 4.74. The number of carbonyl (C=O) groups is 1. The second kappa shape index (κ2) is 9.39. The molecule has 2 N–H and O–H groups in total. The van der Waals surface area contributed by atoms with E-state index in [1.165, 1.54) is 12.3 Å². The maximum absolute atomic E-state index is 15.0. The maximum atomic E-state index is 15.0. The maximum Gasteiger partial charge on any atom is 0.255 e. The highest BCUT2D eigenvalue weighted by Gasteiger charge is 2.34. The van der Waals surface area contributed by atoms with Gasteiger partial charge in [0.15, 0.2) is 11.6 Å². The summed E-state index contributed by atoms with van der Waals surface area (Å²) in [7, 11) is 0. The Morgan fingerprint density at radius 2 is 1.82 bits per heavy atom. The summed E-state index contributed by atoms with van der Waals surface area (Å²) in [6, 6.07) is 7.05. The van der Waals surface area contributed by atoms with E-state index in [0.717, 1.165) is 19.0 Å². The number of rotatable bonds is 5. The van der Waals surface area contributed by atoms with E-state index < -0.39 is 11.6 Å². The molecule has 5 heterocycles. The van der Waals surface area contributed by atoms with Gasteiger partial charge in [-0.15, -0.1) is 0 Å². The highest BCUT2D eigenvalue weighted by atomic mass is 19.1. The number of nitrogens with zero attached hydrogens (tertiary/aromatic N) is 6. The third-order valence-electron chi connectivity index (χ3n) is 7.21. The van der Waals surface area contributed by atoms with Crippen LogP contribution in [0.3, 0.4) is 0 Å². The number of benzene rings is 1. The van der Waals surface area contributed by atoms with E-state index in [9.17, 15) is 13.6 Å². The van der Waals surface area contributed by atoms with Crippen molar-refractivity contribution in [3.63, 3.8) is 0 Å². The minimum Gasteiger partial charge on any atom is -0.335 e. The first-order valence-corrected chi connectivity index (χ1v) is 12.8. The number of aromatic nitrogens is 5. The summed E-state index contributed by atoms with van der Waals surface area (Å²) in [6.45, 7) is 7.17. The van der Waals surface area contributed by atoms with Crippen LogP contribution >= 0.6 is 0 Å². The summed E-state index contributed by atoms with van der Waals surface area (Å²) in [5.74, 6) is -0.104. The molecular weight excluding hydrogens is 490 g/mol. The number of piperazine rings is 1. The molecule has 9 nitrogen and oxygen atoms in total. The van der Waals surface area contributed by atoms with Crippen molar-refractivity contribution in [2.75, 3.05) is 18.4 Å². The molecule has 38 heavy (non-hydrogen) atoms. The third-order valence-corrected chi connectivity index (χ3v) is 7.21. The Kier molecular flexibility index (Phi) is 6.02. The van der Waals surface area contributed by atoms with Crippen LogP contribution in [0, 0.1) is 18.6 Å². The van der Waals surface area contributed by atoms with Crippen LogP contribution in [-0.2, 0) is 0 Å². The first-order chi connectivity index (χ1) is 18.3. The van der Waals surface area contributed by atoms with E-state index >= 15 is 0 Å². The molecule has 0 aliphatic carbocycles. The zero-order valence-electron chi connectivity index (χ0n) is 21.4. The molecule has 2 bridgehead atoms. The average Bonchev–Trinajstić information content (AvgIpc) is 3.42. The first kappa shape index (κ1) is 24.4. The Labute approximate surface area is 218 Å². The van der Waals surface area contributed by atoms with E-state index in [1.54, 1.807) is 18.2 Å². The molecule has 2 atom stereocenters. The minimum absolute atomic E-state index is 0.0439. The summed E-state index contributed by atoms with van der Waals surface area (Å²) < 4.78 is 31.7. The highest BCUT2D eigenvalue weighted by molar-refractivity contribution is 5.94. The summed E-state index contributed by atoms with van der Waals surface area (Å²) in [5, 5.41) is 6.47. The number of imidazole rings is 1. The minimum atomic E-state index is -0.680. The number of nitrogens with one attached hydrogen (secondary N) is 2. The van der Waals surface area contributed by atoms with Gasteiger partial charge in [0.2, 0.25) is 5.95 Å². The molecule has 3 aromatic heterocycles. The Morgan fingerprint density at radius 3 is 2.50 bits per heavy atom. The fourth-order valence-corrected chi connectivity index (χ4v) is 5.54. The van der Waals surface area contributed by atoms with Crippen LogP contribution < -0.4 is 10.6 Å². The fraction of sp³-hybridized carbons (Fsp3) is 0.370. The van der Waals surface area contributed by atoms with Crippen LogP contribution in [0.25, 0.3) is 22.3 Å². The number of pyridine rings is 1. The lowest BCUT2D eigenvalue weighted by molar-refractivity contribution is 0.0697. The van der Waals surface area contributed by atoms with Gasteiger partial charge in [-0.3, -0.25) is 4.79 Å². The number of fused-ring (bicyclic) bond motifs is 3. The molecule has 2 aliphatic heterocycles. The lowest BCUT2D eigenvalue weighted by Crippen LogP contribution is -2.53. The number of hydrogen-bond acceptors (Lipinski definition) is 7. The van der Waals surface area contributed by atoms with Crippen LogP contribution in [0.15, 0.2) is 36.7 Å². The van der Waals surface area contributed by atoms with Crippen molar-refractivity contribution in [1.29, 1.82) is 0 Å². The largest absolute Gasteiger partial charge is 0.335 e. The normalized spacial score (nSPS) is 18.9. The van der Waals surface area contributed by atoms with Gasteiger partial charge in [-0.1, -0.05) is 0 Å². The van der Waals surface area contributed by atoms with Crippen molar-refractivity contribution in [1.82, 2.24) is 34.7 Å². The van der Waals surface area contributed by atoms with Crippen molar-refractivity contribution < 1.29 is 13.6 Å². The van der Waals surface area contributed by atoms with Crippen molar-refractivity contribution in [3.8, 4) is 11.3 Å². The van der Waals surface area contributed by atoms with Gasteiger partial charge in [0.1, 0.15) is 22.9 Å². The molecule has 1 aromatic carbocycles. The molecule has 2 saturated heterocycles. The summed E-state index contributed by atoms with van der Waals surface area (Å²) in [4.78, 5) is 31.8. The molecule has 0 spiro atoms. The number of amides is 1. The molecule has 196 valence electrons.